The van der Waals surface area contributed by atoms with Crippen LogP contribution in [0.2, 0.25) is 5.02 Å². The number of carbonyl (C=O) groups excluding carboxylic acids is 1. The predicted octanol–water partition coefficient (Wildman–Crippen LogP) is 2.76. The van der Waals surface area contributed by atoms with Gasteiger partial charge in [-0.3, -0.25) is 4.79 Å². The maximum absolute atomic E-state index is 12.2. The summed E-state index contributed by atoms with van der Waals surface area (Å²) in [4.78, 5) is 16.7. The Hall–Kier alpha value is -2.12. The minimum absolute atomic E-state index is 0.185. The van der Waals surface area contributed by atoms with Gasteiger partial charge in [0.05, 0.1) is 12.2 Å². The number of amides is 1. The molecular weight excluding hydrogens is 312 g/mol. The van der Waals surface area contributed by atoms with E-state index in [0.717, 1.165) is 10.1 Å². The Morgan fingerprint density at radius 2 is 2.33 bits per heavy atom. The zero-order chi connectivity index (χ0) is 15.0. The van der Waals surface area contributed by atoms with Crippen LogP contribution in [0.5, 0.6) is 0 Å². The zero-order valence-electron chi connectivity index (χ0n) is 11.0. The third kappa shape index (κ3) is 2.70. The number of fused-ring (bicyclic) bond motifs is 1. The van der Waals surface area contributed by atoms with E-state index in [2.05, 4.69) is 15.5 Å². The van der Waals surface area contributed by atoms with Crippen LogP contribution in [0, 0.1) is 6.92 Å². The number of nitrogens with one attached hydrogen (secondary N) is 1. The van der Waals surface area contributed by atoms with Crippen molar-refractivity contribution in [1.82, 2.24) is 15.5 Å². The summed E-state index contributed by atoms with van der Waals surface area (Å²) in [6.45, 7) is 1.87. The Kier molecular flexibility index (Phi) is 3.52. The molecule has 8 heteroatoms. The first-order valence-corrected chi connectivity index (χ1v) is 7.29. The minimum Gasteiger partial charge on any atom is -0.397 e. The van der Waals surface area contributed by atoms with E-state index in [1.54, 1.807) is 19.1 Å². The lowest BCUT2D eigenvalue weighted by Gasteiger charge is -2.00. The number of thiophene rings is 1. The van der Waals surface area contributed by atoms with Gasteiger partial charge in [0.15, 0.2) is 5.82 Å². The first-order valence-electron chi connectivity index (χ1n) is 6.09. The van der Waals surface area contributed by atoms with Crippen molar-refractivity contribution in [3.63, 3.8) is 0 Å². The zero-order valence-corrected chi connectivity index (χ0v) is 12.6. The number of halogens is 1. The van der Waals surface area contributed by atoms with Gasteiger partial charge < -0.3 is 15.6 Å². The highest BCUT2D eigenvalue weighted by Gasteiger charge is 2.17. The summed E-state index contributed by atoms with van der Waals surface area (Å²) in [6, 6.07) is 5.36. The number of hydrogen-bond acceptors (Lipinski definition) is 6. The molecule has 0 bridgehead atoms. The molecular formula is C13H11ClN4O2S. The summed E-state index contributed by atoms with van der Waals surface area (Å²) < 4.78 is 5.75. The smallest absolute Gasteiger partial charge is 0.263 e. The monoisotopic (exact) mass is 322 g/mol. The van der Waals surface area contributed by atoms with Crippen molar-refractivity contribution in [2.45, 2.75) is 13.5 Å². The van der Waals surface area contributed by atoms with Crippen LogP contribution in [0.3, 0.4) is 0 Å². The highest BCUT2D eigenvalue weighted by Crippen LogP contribution is 2.35. The predicted molar refractivity (Wildman–Crippen MR) is 81.5 cm³/mol. The highest BCUT2D eigenvalue weighted by molar-refractivity contribution is 7.21. The number of aryl methyl sites for hydroxylation is 1. The summed E-state index contributed by atoms with van der Waals surface area (Å²) in [5.41, 5.74) is 6.45. The van der Waals surface area contributed by atoms with Crippen LogP contribution in [0.15, 0.2) is 22.7 Å². The van der Waals surface area contributed by atoms with Crippen molar-refractivity contribution in [3.05, 3.63) is 39.8 Å². The number of anilines is 1. The summed E-state index contributed by atoms with van der Waals surface area (Å²) >= 11 is 7.27. The van der Waals surface area contributed by atoms with Crippen LogP contribution in [-0.2, 0) is 6.54 Å². The molecule has 0 aliphatic heterocycles. The Morgan fingerprint density at radius 3 is 3.05 bits per heavy atom. The molecule has 0 unspecified atom stereocenters. The Bertz CT molecular complexity index is 827. The van der Waals surface area contributed by atoms with Crippen LogP contribution in [0.25, 0.3) is 10.1 Å². The van der Waals surface area contributed by atoms with E-state index < -0.39 is 0 Å². The Morgan fingerprint density at radius 1 is 1.52 bits per heavy atom. The maximum Gasteiger partial charge on any atom is 0.263 e. The fourth-order valence-electron chi connectivity index (χ4n) is 1.91. The topological polar surface area (TPSA) is 94.0 Å². The molecule has 3 aromatic rings. The van der Waals surface area contributed by atoms with Crippen molar-refractivity contribution in [2.24, 2.45) is 0 Å². The molecule has 2 aromatic heterocycles. The van der Waals surface area contributed by atoms with Gasteiger partial charge in [0, 0.05) is 22.0 Å². The number of aromatic nitrogens is 2. The summed E-state index contributed by atoms with van der Waals surface area (Å²) in [7, 11) is 0. The quantitative estimate of drug-likeness (QED) is 0.773. The molecule has 3 N–H and O–H groups in total. The normalized spacial score (nSPS) is 11.0. The Labute approximate surface area is 128 Å². The second-order valence-electron chi connectivity index (χ2n) is 4.40. The van der Waals surface area contributed by atoms with Crippen LogP contribution >= 0.6 is 22.9 Å². The van der Waals surface area contributed by atoms with Gasteiger partial charge in [0.2, 0.25) is 5.89 Å². The van der Waals surface area contributed by atoms with E-state index in [4.69, 9.17) is 21.9 Å². The second-order valence-corrected chi connectivity index (χ2v) is 5.89. The van der Waals surface area contributed by atoms with Crippen molar-refractivity contribution in [2.75, 3.05) is 5.73 Å². The summed E-state index contributed by atoms with van der Waals surface area (Å²) in [5, 5.41) is 7.80. The number of nitrogens with two attached hydrogens (primary N) is 1. The first kappa shape index (κ1) is 13.8. The van der Waals surface area contributed by atoms with Gasteiger partial charge in [-0.05, 0) is 18.2 Å². The van der Waals surface area contributed by atoms with Crippen molar-refractivity contribution < 1.29 is 9.32 Å². The highest BCUT2D eigenvalue weighted by atomic mass is 35.5. The standard InChI is InChI=1S/C13H11ClN4O2S/c1-6-17-10(18-20-6)5-16-13(19)12-11(15)8-4-7(14)2-3-9(8)21-12/h2-4H,5,15H2,1H3,(H,16,19). The molecule has 3 rings (SSSR count). The SMILES string of the molecule is Cc1nc(CNC(=O)c2sc3ccc(Cl)cc3c2N)no1. The molecule has 1 amide bonds. The fourth-order valence-corrected chi connectivity index (χ4v) is 3.10. The number of nitrogen functional groups attached to an aromatic ring is 1. The lowest BCUT2D eigenvalue weighted by molar-refractivity contribution is 0.0954. The molecule has 6 nitrogen and oxygen atoms in total. The lowest BCUT2D eigenvalue weighted by Crippen LogP contribution is -2.23. The molecule has 0 aliphatic rings. The molecule has 0 saturated heterocycles. The third-order valence-corrected chi connectivity index (χ3v) is 4.29. The number of carbonyl (C=O) groups is 1. The second kappa shape index (κ2) is 5.34. The third-order valence-electron chi connectivity index (χ3n) is 2.87. The molecule has 21 heavy (non-hydrogen) atoms. The van der Waals surface area contributed by atoms with Crippen molar-refractivity contribution in [3.8, 4) is 0 Å². The van der Waals surface area contributed by atoms with Gasteiger partial charge in [-0.2, -0.15) is 4.98 Å². The summed E-state index contributed by atoms with van der Waals surface area (Å²) in [6.07, 6.45) is 0. The van der Waals surface area contributed by atoms with Crippen molar-refractivity contribution in [1.29, 1.82) is 0 Å². The lowest BCUT2D eigenvalue weighted by atomic mass is 10.2. The average Bonchev–Trinajstić information content (AvgIpc) is 3.01. The van der Waals surface area contributed by atoms with E-state index in [1.165, 1.54) is 11.3 Å². The summed E-state index contributed by atoms with van der Waals surface area (Å²) in [5.74, 6) is 0.603. The number of rotatable bonds is 3. The van der Waals surface area contributed by atoms with Gasteiger partial charge in [-0.25, -0.2) is 0 Å². The van der Waals surface area contributed by atoms with Crippen LogP contribution < -0.4 is 11.1 Å². The number of nitrogens with zero attached hydrogens (tertiary/aromatic N) is 2. The number of hydrogen-bond donors (Lipinski definition) is 2. The van der Waals surface area contributed by atoms with E-state index >= 15 is 0 Å². The van der Waals surface area contributed by atoms with E-state index in [-0.39, 0.29) is 12.5 Å². The molecule has 2 heterocycles. The van der Waals surface area contributed by atoms with E-state index in [0.29, 0.717) is 27.3 Å². The van der Waals surface area contributed by atoms with Crippen LogP contribution in [0.4, 0.5) is 5.69 Å². The molecule has 108 valence electrons. The van der Waals surface area contributed by atoms with Gasteiger partial charge in [-0.15, -0.1) is 11.3 Å². The average molecular weight is 323 g/mol. The molecule has 0 radical (unpaired) electrons. The van der Waals surface area contributed by atoms with Gasteiger partial charge in [-0.1, -0.05) is 16.8 Å². The van der Waals surface area contributed by atoms with Gasteiger partial charge in [0.1, 0.15) is 4.88 Å². The van der Waals surface area contributed by atoms with Gasteiger partial charge >= 0.3 is 0 Å². The van der Waals surface area contributed by atoms with E-state index in [1.807, 2.05) is 6.07 Å². The number of benzene rings is 1. The molecule has 0 atom stereocenters. The molecule has 0 spiro atoms. The van der Waals surface area contributed by atoms with Crippen LogP contribution in [-0.4, -0.2) is 16.0 Å². The molecule has 0 aliphatic carbocycles. The van der Waals surface area contributed by atoms with Crippen LogP contribution in [0.1, 0.15) is 21.4 Å². The molecule has 1 aromatic carbocycles. The van der Waals surface area contributed by atoms with E-state index in [9.17, 15) is 4.79 Å². The van der Waals surface area contributed by atoms with Crippen molar-refractivity contribution >= 4 is 44.6 Å². The first-order chi connectivity index (χ1) is 10.0. The molecule has 0 saturated carbocycles. The maximum atomic E-state index is 12.2. The Balaban J connectivity index is 1.82. The minimum atomic E-state index is -0.271. The fraction of sp³-hybridized carbons (Fsp3) is 0.154. The van der Waals surface area contributed by atoms with Gasteiger partial charge in [0.25, 0.3) is 5.91 Å². The molecule has 0 fully saturated rings. The largest absolute Gasteiger partial charge is 0.397 e.